The lowest BCUT2D eigenvalue weighted by Gasteiger charge is -2.53. The molecule has 5 saturated carbocycles. The van der Waals surface area contributed by atoms with Crippen molar-refractivity contribution >= 4 is 23.9 Å². The average molecular weight is 790 g/mol. The molecule has 0 radical (unpaired) electrons. The highest BCUT2D eigenvalue weighted by atomic mass is 16.8. The first-order valence-corrected chi connectivity index (χ1v) is 21.6. The van der Waals surface area contributed by atoms with E-state index < -0.39 is 71.6 Å². The molecule has 13 heteroatoms. The summed E-state index contributed by atoms with van der Waals surface area (Å²) < 4.78 is 26.4. The second-order valence-corrected chi connectivity index (χ2v) is 19.7. The van der Waals surface area contributed by atoms with Crippen molar-refractivity contribution in [3.63, 3.8) is 0 Å². The van der Waals surface area contributed by atoms with Crippen LogP contribution in [0.3, 0.4) is 0 Å². The molecule has 10 rings (SSSR count). The number of aliphatic hydroxyl groups is 2. The van der Waals surface area contributed by atoms with Crippen LogP contribution in [0.25, 0.3) is 6.08 Å². The Hall–Kier alpha value is -2.91. The highest BCUT2D eigenvalue weighted by Crippen LogP contribution is 2.64. The van der Waals surface area contributed by atoms with Crippen LogP contribution in [-0.2, 0) is 44.7 Å². The smallest absolute Gasteiger partial charge is 0.327 e. The number of carbonyl (C=O) groups is 3. The second-order valence-electron chi connectivity index (χ2n) is 19.7. The minimum atomic E-state index is -1.51. The summed E-state index contributed by atoms with van der Waals surface area (Å²) in [6, 6.07) is 5.71. The lowest BCUT2D eigenvalue weighted by molar-refractivity contribution is -0.235. The van der Waals surface area contributed by atoms with Gasteiger partial charge >= 0.3 is 5.97 Å². The van der Waals surface area contributed by atoms with Crippen LogP contribution in [0.2, 0.25) is 0 Å². The SMILES string of the molecule is C[C@H](O)[C@@H](NC(=O)[C@@]12C[C@H]3OC(=O)[C@@H]1N(Cc1ccccc1C=C1CCC4O[C@]4(C)CC[C@@H]4[C@@H]1CC4(C)C)O[C@@H]2[C@H]1OC(C2CC2)(C2CC2)O[C@H]13)C(=O)NCCO. The number of epoxide rings is 1. The van der Waals surface area contributed by atoms with E-state index in [2.05, 4.69) is 49.6 Å². The summed E-state index contributed by atoms with van der Waals surface area (Å²) in [5.41, 5.74) is 2.19. The van der Waals surface area contributed by atoms with Crippen LogP contribution in [0, 0.1) is 34.5 Å². The lowest BCUT2D eigenvalue weighted by atomic mass is 9.52. The number of esters is 1. The minimum absolute atomic E-state index is 0.00811. The molecule has 2 amide bonds. The van der Waals surface area contributed by atoms with Crippen molar-refractivity contribution < 1.29 is 48.4 Å². The Kier molecular flexibility index (Phi) is 9.11. The molecule has 1 aromatic carbocycles. The molecule has 0 aromatic heterocycles. The lowest BCUT2D eigenvalue weighted by Crippen LogP contribution is -2.71. The van der Waals surface area contributed by atoms with E-state index in [4.69, 9.17) is 23.8 Å². The number of nitrogens with one attached hydrogen (secondary N) is 2. The molecule has 1 aromatic rings. The van der Waals surface area contributed by atoms with E-state index >= 15 is 0 Å². The maximum atomic E-state index is 15.0. The number of carbonyl (C=O) groups excluding carboxylic acids is 3. The van der Waals surface area contributed by atoms with Crippen LogP contribution in [0.15, 0.2) is 29.8 Å². The Balaban J connectivity index is 0.996. The normalized spacial score (nSPS) is 41.5. The van der Waals surface area contributed by atoms with E-state index in [1.165, 1.54) is 12.5 Å². The minimum Gasteiger partial charge on any atom is -0.458 e. The zero-order valence-corrected chi connectivity index (χ0v) is 33.6. The number of hydrogen-bond acceptors (Lipinski definition) is 11. The molecule has 4 heterocycles. The van der Waals surface area contributed by atoms with Crippen molar-refractivity contribution in [2.45, 2.75) is 159 Å². The quantitative estimate of drug-likeness (QED) is 0.191. The number of benzene rings is 1. The summed E-state index contributed by atoms with van der Waals surface area (Å²) in [7, 11) is 0. The number of rotatable bonds is 11. The number of amides is 2. The van der Waals surface area contributed by atoms with E-state index in [-0.39, 0.29) is 49.0 Å². The molecule has 9 fully saturated rings. The third kappa shape index (κ3) is 6.15. The molecule has 13 nitrogen and oxygen atoms in total. The fourth-order valence-electron chi connectivity index (χ4n) is 12.0. The number of aliphatic hydroxyl groups excluding tert-OH is 2. The van der Waals surface area contributed by atoms with Gasteiger partial charge in [-0.15, -0.1) is 0 Å². The molecule has 4 saturated heterocycles. The van der Waals surface area contributed by atoms with Crippen LogP contribution in [0.5, 0.6) is 0 Å². The van der Waals surface area contributed by atoms with Gasteiger partial charge in [-0.05, 0) is 100 Å². The summed E-state index contributed by atoms with van der Waals surface area (Å²) in [5.74, 6) is -1.06. The van der Waals surface area contributed by atoms with E-state index in [1.54, 1.807) is 5.06 Å². The number of nitrogens with zero attached hydrogens (tertiary/aromatic N) is 1. The fraction of sp³-hybridized carbons (Fsp3) is 0.750. The third-order valence-electron chi connectivity index (χ3n) is 15.5. The predicted octanol–water partition coefficient (Wildman–Crippen LogP) is 3.54. The van der Waals surface area contributed by atoms with Crippen molar-refractivity contribution in [1.82, 2.24) is 15.7 Å². The summed E-state index contributed by atoms with van der Waals surface area (Å²) >= 11 is 0. The van der Waals surface area contributed by atoms with E-state index in [0.29, 0.717) is 17.9 Å². The fourth-order valence-corrected chi connectivity index (χ4v) is 12.0. The highest BCUT2D eigenvalue weighted by Gasteiger charge is 2.78. The zero-order valence-electron chi connectivity index (χ0n) is 33.6. The van der Waals surface area contributed by atoms with Crippen LogP contribution in [-0.4, -0.2) is 106 Å². The molecule has 310 valence electrons. The number of ether oxygens (including phenoxy) is 4. The van der Waals surface area contributed by atoms with Crippen LogP contribution in [0.1, 0.15) is 103 Å². The Morgan fingerprint density at radius 3 is 2.44 bits per heavy atom. The van der Waals surface area contributed by atoms with Crippen LogP contribution >= 0.6 is 0 Å². The second kappa shape index (κ2) is 13.6. The predicted molar refractivity (Wildman–Crippen MR) is 204 cm³/mol. The standard InChI is InChI=1S/C44H59N3O10/c1-23(49)33(38(50)45-17-18-48)46-40(52)43-21-31-34-35(56-44(55-34,27-10-11-27)28-12-13-28)37(43)57-47(36(43)39(51)53-31)22-26-8-6-5-7-24(26)19-25-9-14-32-42(4,54-32)16-15-30-29(25)20-41(30,2)3/h5-8,19,23,27-37,48-49H,9-18,20-22H2,1-4H3,(H,45,50)(H,46,52)/t23-,29+,30+,31+,32?,33+,34-,35-,36-,37+,42+,43-/m0/s1. The molecular weight excluding hydrogens is 730 g/mol. The van der Waals surface area contributed by atoms with Crippen molar-refractivity contribution in [3.05, 3.63) is 41.0 Å². The van der Waals surface area contributed by atoms with Crippen molar-refractivity contribution in [1.29, 1.82) is 0 Å². The van der Waals surface area contributed by atoms with E-state index in [1.807, 2.05) is 12.1 Å². The van der Waals surface area contributed by atoms with E-state index in [9.17, 15) is 24.6 Å². The Morgan fingerprint density at radius 2 is 1.74 bits per heavy atom. The highest BCUT2D eigenvalue weighted by molar-refractivity contribution is 5.96. The molecule has 12 atom stereocenters. The van der Waals surface area contributed by atoms with Crippen molar-refractivity contribution in [2.24, 2.45) is 34.5 Å². The van der Waals surface area contributed by atoms with Gasteiger partial charge in [0.05, 0.1) is 31.0 Å². The van der Waals surface area contributed by atoms with Gasteiger partial charge in [0.2, 0.25) is 11.8 Å². The van der Waals surface area contributed by atoms with Crippen molar-refractivity contribution in [2.75, 3.05) is 13.2 Å². The van der Waals surface area contributed by atoms with Gasteiger partial charge in [-0.25, -0.2) is 0 Å². The first kappa shape index (κ1) is 38.3. The Bertz CT molecular complexity index is 1830. The maximum Gasteiger partial charge on any atom is 0.327 e. The topological polar surface area (TPSA) is 168 Å². The average Bonchev–Trinajstić information content (AvgIpc) is 4.12. The van der Waals surface area contributed by atoms with Gasteiger partial charge in [-0.1, -0.05) is 49.8 Å². The molecule has 57 heavy (non-hydrogen) atoms. The molecule has 9 aliphatic rings. The van der Waals surface area contributed by atoms with Crippen molar-refractivity contribution in [3.8, 4) is 0 Å². The molecule has 4 aliphatic heterocycles. The molecule has 1 unspecified atom stereocenters. The molecular formula is C44H59N3O10. The number of allylic oxidation sites excluding steroid dienone is 1. The molecule has 5 aliphatic carbocycles. The van der Waals surface area contributed by atoms with Crippen LogP contribution in [0.4, 0.5) is 0 Å². The maximum absolute atomic E-state index is 15.0. The van der Waals surface area contributed by atoms with Gasteiger partial charge in [0, 0.05) is 24.8 Å². The molecule has 0 spiro atoms. The summed E-state index contributed by atoms with van der Waals surface area (Å²) in [5, 5.41) is 27.1. The third-order valence-corrected chi connectivity index (χ3v) is 15.5. The van der Waals surface area contributed by atoms with Crippen LogP contribution < -0.4 is 10.6 Å². The molecule has 2 bridgehead atoms. The van der Waals surface area contributed by atoms with Gasteiger partial charge in [-0.2, -0.15) is 5.06 Å². The first-order chi connectivity index (χ1) is 27.3. The monoisotopic (exact) mass is 789 g/mol. The van der Waals surface area contributed by atoms with Gasteiger partial charge in [0.1, 0.15) is 35.9 Å². The molecule has 4 N–H and O–H groups in total. The Labute approximate surface area is 334 Å². The zero-order chi connectivity index (χ0) is 39.6. The van der Waals surface area contributed by atoms with Gasteiger partial charge in [0.15, 0.2) is 11.8 Å². The number of hydroxylamine groups is 2. The van der Waals surface area contributed by atoms with E-state index in [0.717, 1.165) is 68.9 Å². The number of hydrogen-bond donors (Lipinski definition) is 4. The summed E-state index contributed by atoms with van der Waals surface area (Å²) in [6.07, 6.45) is 7.83. The summed E-state index contributed by atoms with van der Waals surface area (Å²) in [4.78, 5) is 49.5. The van der Waals surface area contributed by atoms with Gasteiger partial charge < -0.3 is 39.8 Å². The van der Waals surface area contributed by atoms with Gasteiger partial charge in [0.25, 0.3) is 0 Å². The summed E-state index contributed by atoms with van der Waals surface area (Å²) in [6.45, 7) is 8.33. The Morgan fingerprint density at radius 1 is 1.00 bits per heavy atom. The van der Waals surface area contributed by atoms with Gasteiger partial charge in [-0.3, -0.25) is 19.2 Å². The largest absolute Gasteiger partial charge is 0.458 e. The first-order valence-electron chi connectivity index (χ1n) is 21.6. The number of fused-ring (bicyclic) bond motifs is 6.